The molecule has 1 saturated heterocycles. The van der Waals surface area contributed by atoms with E-state index in [1.54, 1.807) is 0 Å². The lowest BCUT2D eigenvalue weighted by Gasteiger charge is -2.36. The maximum atomic E-state index is 10.7. The average Bonchev–Trinajstić information content (AvgIpc) is 2.64. The monoisotopic (exact) mass is 496 g/mol. The summed E-state index contributed by atoms with van der Waals surface area (Å²) >= 11 is 0. The van der Waals surface area contributed by atoms with Gasteiger partial charge in [-0.25, -0.2) is 0 Å². The van der Waals surface area contributed by atoms with Crippen molar-refractivity contribution in [1.29, 1.82) is 0 Å². The Labute approximate surface area is 182 Å². The molecule has 0 aromatic carbocycles. The summed E-state index contributed by atoms with van der Waals surface area (Å²) in [5, 5.41) is 17.6. The van der Waals surface area contributed by atoms with Gasteiger partial charge in [-0.3, -0.25) is 9.89 Å². The van der Waals surface area contributed by atoms with Crippen molar-refractivity contribution < 1.29 is 9.84 Å². The second-order valence-corrected chi connectivity index (χ2v) is 8.29. The minimum absolute atomic E-state index is 0. The zero-order valence-electron chi connectivity index (χ0n) is 17.5. The first-order valence-corrected chi connectivity index (χ1v) is 10.6. The summed E-state index contributed by atoms with van der Waals surface area (Å²) in [4.78, 5) is 7.24. The van der Waals surface area contributed by atoms with Gasteiger partial charge in [0.25, 0.3) is 0 Å². The van der Waals surface area contributed by atoms with E-state index in [1.165, 1.54) is 6.42 Å². The van der Waals surface area contributed by atoms with Gasteiger partial charge in [-0.15, -0.1) is 24.0 Å². The SMILES string of the molecule is CCNC(=NCC1(O)CCCCC1)NCC(CC(C)C)N1CCOCC1.I. The van der Waals surface area contributed by atoms with Crippen LogP contribution in [0.25, 0.3) is 0 Å². The van der Waals surface area contributed by atoms with Crippen molar-refractivity contribution in [2.24, 2.45) is 10.9 Å². The van der Waals surface area contributed by atoms with E-state index in [0.717, 1.165) is 77.5 Å². The number of aliphatic hydroxyl groups is 1. The molecule has 1 aliphatic carbocycles. The minimum atomic E-state index is -0.609. The van der Waals surface area contributed by atoms with Crippen LogP contribution in [0.3, 0.4) is 0 Å². The van der Waals surface area contributed by atoms with Gasteiger partial charge in [0.2, 0.25) is 0 Å². The molecule has 2 aliphatic rings. The average molecular weight is 496 g/mol. The fourth-order valence-electron chi connectivity index (χ4n) is 4.00. The second-order valence-electron chi connectivity index (χ2n) is 8.29. The molecule has 0 aromatic rings. The predicted molar refractivity (Wildman–Crippen MR) is 123 cm³/mol. The Kier molecular flexibility index (Phi) is 12.2. The zero-order chi connectivity index (χ0) is 18.8. The quantitative estimate of drug-likeness (QED) is 0.274. The third kappa shape index (κ3) is 9.28. The largest absolute Gasteiger partial charge is 0.388 e. The maximum absolute atomic E-state index is 10.7. The smallest absolute Gasteiger partial charge is 0.191 e. The van der Waals surface area contributed by atoms with Crippen molar-refractivity contribution in [3.05, 3.63) is 0 Å². The van der Waals surface area contributed by atoms with Crippen molar-refractivity contribution in [2.45, 2.75) is 70.9 Å². The van der Waals surface area contributed by atoms with E-state index < -0.39 is 5.60 Å². The van der Waals surface area contributed by atoms with E-state index in [-0.39, 0.29) is 24.0 Å². The van der Waals surface area contributed by atoms with Crippen LogP contribution in [0.15, 0.2) is 4.99 Å². The number of halogens is 1. The number of hydrogen-bond donors (Lipinski definition) is 3. The van der Waals surface area contributed by atoms with Gasteiger partial charge < -0.3 is 20.5 Å². The molecule has 0 aromatic heterocycles. The lowest BCUT2D eigenvalue weighted by atomic mass is 9.85. The zero-order valence-corrected chi connectivity index (χ0v) is 19.8. The van der Waals surface area contributed by atoms with Gasteiger partial charge in [0.1, 0.15) is 0 Å². The lowest BCUT2D eigenvalue weighted by Crippen LogP contribution is -2.51. The first-order chi connectivity index (χ1) is 12.5. The van der Waals surface area contributed by atoms with Crippen molar-refractivity contribution in [3.8, 4) is 0 Å². The Morgan fingerprint density at radius 1 is 1.15 bits per heavy atom. The fraction of sp³-hybridized carbons (Fsp3) is 0.950. The van der Waals surface area contributed by atoms with E-state index in [9.17, 15) is 5.11 Å². The number of morpholine rings is 1. The molecule has 0 spiro atoms. The Balaban J connectivity index is 0.00000364. The van der Waals surface area contributed by atoms with Crippen LogP contribution >= 0.6 is 24.0 Å². The normalized spacial score (nSPS) is 22.2. The Bertz CT molecular complexity index is 422. The van der Waals surface area contributed by atoms with Crippen molar-refractivity contribution in [2.75, 3.05) is 45.9 Å². The van der Waals surface area contributed by atoms with Gasteiger partial charge >= 0.3 is 0 Å². The molecule has 1 atom stereocenters. The van der Waals surface area contributed by atoms with E-state index in [4.69, 9.17) is 9.73 Å². The summed E-state index contributed by atoms with van der Waals surface area (Å²) in [6.45, 7) is 12.5. The molecule has 2 fully saturated rings. The van der Waals surface area contributed by atoms with Crippen LogP contribution in [0, 0.1) is 5.92 Å². The molecule has 6 nitrogen and oxygen atoms in total. The molecule has 7 heteroatoms. The molecular weight excluding hydrogens is 455 g/mol. The van der Waals surface area contributed by atoms with E-state index in [1.807, 2.05) is 0 Å². The first-order valence-electron chi connectivity index (χ1n) is 10.6. The van der Waals surface area contributed by atoms with E-state index >= 15 is 0 Å². The third-order valence-electron chi connectivity index (χ3n) is 5.47. The summed E-state index contributed by atoms with van der Waals surface area (Å²) in [6, 6.07) is 0.487. The summed E-state index contributed by atoms with van der Waals surface area (Å²) in [7, 11) is 0. The van der Waals surface area contributed by atoms with Gasteiger partial charge in [0, 0.05) is 32.2 Å². The molecule has 1 unspecified atom stereocenters. The standard InChI is InChI=1S/C20H40N4O2.HI/c1-4-21-19(23-16-20(25)8-6-5-7-9-20)22-15-18(14-17(2)3)24-10-12-26-13-11-24;/h17-18,25H,4-16H2,1-3H3,(H2,21,22,23);1H. The number of guanidine groups is 1. The molecule has 2 rings (SSSR count). The molecule has 3 N–H and O–H groups in total. The minimum Gasteiger partial charge on any atom is -0.388 e. The molecular formula is C20H41IN4O2. The number of hydrogen-bond acceptors (Lipinski definition) is 4. The number of nitrogens with zero attached hydrogens (tertiary/aromatic N) is 2. The molecule has 160 valence electrons. The van der Waals surface area contributed by atoms with Gasteiger partial charge in [-0.05, 0) is 32.1 Å². The molecule has 1 saturated carbocycles. The number of ether oxygens (including phenoxy) is 1. The first kappa shape index (κ1) is 24.9. The van der Waals surface area contributed by atoms with Crippen molar-refractivity contribution in [3.63, 3.8) is 0 Å². The third-order valence-corrected chi connectivity index (χ3v) is 5.47. The van der Waals surface area contributed by atoms with E-state index in [2.05, 4.69) is 36.3 Å². The number of aliphatic imine (C=N–C) groups is 1. The molecule has 1 heterocycles. The van der Waals surface area contributed by atoms with Gasteiger partial charge in [-0.2, -0.15) is 0 Å². The maximum Gasteiger partial charge on any atom is 0.191 e. The number of rotatable bonds is 8. The highest BCUT2D eigenvalue weighted by Gasteiger charge is 2.29. The summed E-state index contributed by atoms with van der Waals surface area (Å²) in [5.41, 5.74) is -0.609. The van der Waals surface area contributed by atoms with Crippen LogP contribution in [0.5, 0.6) is 0 Å². The Morgan fingerprint density at radius 3 is 2.41 bits per heavy atom. The van der Waals surface area contributed by atoms with Crippen LogP contribution in [-0.2, 0) is 4.74 Å². The highest BCUT2D eigenvalue weighted by atomic mass is 127. The molecule has 1 aliphatic heterocycles. The Morgan fingerprint density at radius 2 is 1.81 bits per heavy atom. The summed E-state index contributed by atoms with van der Waals surface area (Å²) in [5.74, 6) is 1.49. The van der Waals surface area contributed by atoms with Crippen LogP contribution < -0.4 is 10.6 Å². The highest BCUT2D eigenvalue weighted by molar-refractivity contribution is 14.0. The van der Waals surface area contributed by atoms with Crippen LogP contribution in [-0.4, -0.2) is 73.5 Å². The Hall–Kier alpha value is -0.120. The summed E-state index contributed by atoms with van der Waals surface area (Å²) < 4.78 is 5.51. The molecule has 0 bridgehead atoms. The van der Waals surface area contributed by atoms with Crippen molar-refractivity contribution >= 4 is 29.9 Å². The molecule has 27 heavy (non-hydrogen) atoms. The topological polar surface area (TPSA) is 69.1 Å². The lowest BCUT2D eigenvalue weighted by molar-refractivity contribution is 0.0121. The molecule has 0 amide bonds. The highest BCUT2D eigenvalue weighted by Crippen LogP contribution is 2.28. The van der Waals surface area contributed by atoms with Crippen LogP contribution in [0.2, 0.25) is 0 Å². The molecule has 0 radical (unpaired) electrons. The second kappa shape index (κ2) is 13.2. The fourth-order valence-corrected chi connectivity index (χ4v) is 4.00. The van der Waals surface area contributed by atoms with Crippen LogP contribution in [0.1, 0.15) is 59.3 Å². The van der Waals surface area contributed by atoms with Crippen molar-refractivity contribution in [1.82, 2.24) is 15.5 Å². The number of nitrogens with one attached hydrogen (secondary N) is 2. The summed E-state index contributed by atoms with van der Waals surface area (Å²) in [6.07, 6.45) is 6.38. The van der Waals surface area contributed by atoms with Crippen LogP contribution in [0.4, 0.5) is 0 Å². The van der Waals surface area contributed by atoms with Gasteiger partial charge in [-0.1, -0.05) is 33.1 Å². The van der Waals surface area contributed by atoms with Gasteiger partial charge in [0.15, 0.2) is 5.96 Å². The predicted octanol–water partition coefficient (Wildman–Crippen LogP) is 2.60. The van der Waals surface area contributed by atoms with Gasteiger partial charge in [0.05, 0.1) is 25.4 Å². The van der Waals surface area contributed by atoms with E-state index in [0.29, 0.717) is 18.5 Å².